The molecule has 2 N–H and O–H groups in total. The number of amides is 2. The van der Waals surface area contributed by atoms with Crippen molar-refractivity contribution in [1.82, 2.24) is 24.9 Å². The van der Waals surface area contributed by atoms with Crippen LogP contribution < -0.4 is 10.9 Å². The van der Waals surface area contributed by atoms with E-state index in [1.54, 1.807) is 10.7 Å². The van der Waals surface area contributed by atoms with Crippen molar-refractivity contribution in [2.75, 3.05) is 13.1 Å². The van der Waals surface area contributed by atoms with Crippen molar-refractivity contribution in [3.63, 3.8) is 0 Å². The van der Waals surface area contributed by atoms with Gasteiger partial charge in [0.25, 0.3) is 5.91 Å². The molecule has 0 radical (unpaired) electrons. The number of carbonyl (C=O) groups excluding carboxylic acids is 2. The van der Waals surface area contributed by atoms with Crippen molar-refractivity contribution < 1.29 is 18.0 Å². The van der Waals surface area contributed by atoms with Gasteiger partial charge in [0.15, 0.2) is 0 Å². The maximum absolute atomic E-state index is 12.9. The highest BCUT2D eigenvalue weighted by molar-refractivity contribution is 7.89. The Balaban J connectivity index is 1.53. The Bertz CT molecular complexity index is 1070. The van der Waals surface area contributed by atoms with E-state index in [1.165, 1.54) is 16.4 Å². The molecule has 0 saturated carbocycles. The third-order valence-electron chi connectivity index (χ3n) is 5.06. The monoisotopic (exact) mass is 487 g/mol. The maximum Gasteiger partial charge on any atom is 0.260 e. The smallest absolute Gasteiger partial charge is 0.260 e. The van der Waals surface area contributed by atoms with Crippen LogP contribution >= 0.6 is 23.2 Å². The number of hydrogen-bond donors (Lipinski definition) is 2. The van der Waals surface area contributed by atoms with Crippen LogP contribution in [-0.4, -0.2) is 47.4 Å². The van der Waals surface area contributed by atoms with E-state index in [-0.39, 0.29) is 40.5 Å². The van der Waals surface area contributed by atoms with Crippen LogP contribution in [0.2, 0.25) is 10.0 Å². The molecule has 0 atom stereocenters. The Labute approximate surface area is 190 Å². The number of aryl methyl sites for hydroxylation is 2. The van der Waals surface area contributed by atoms with Gasteiger partial charge < -0.3 is 0 Å². The Morgan fingerprint density at radius 3 is 2.29 bits per heavy atom. The Morgan fingerprint density at radius 2 is 1.74 bits per heavy atom. The van der Waals surface area contributed by atoms with Gasteiger partial charge in [-0.05, 0) is 44.9 Å². The summed E-state index contributed by atoms with van der Waals surface area (Å²) in [6.07, 6.45) is 0.612. The van der Waals surface area contributed by atoms with Gasteiger partial charge in [0.2, 0.25) is 15.9 Å². The summed E-state index contributed by atoms with van der Waals surface area (Å²) in [7, 11) is -3.88. The molecule has 2 amide bonds. The molecule has 1 aromatic carbocycles. The SMILES string of the molecule is Cc1cc(C)n(CC(=O)NNC(=O)C2CCN(S(=O)(=O)c3c(Cl)cccc3Cl)CC2)n1. The summed E-state index contributed by atoms with van der Waals surface area (Å²) in [6, 6.07) is 6.36. The number of aromatic nitrogens is 2. The summed E-state index contributed by atoms with van der Waals surface area (Å²) in [6.45, 7) is 3.93. The minimum Gasteiger partial charge on any atom is -0.273 e. The molecule has 1 saturated heterocycles. The van der Waals surface area contributed by atoms with E-state index >= 15 is 0 Å². The predicted octanol–water partition coefficient (Wildman–Crippen LogP) is 2.06. The topological polar surface area (TPSA) is 113 Å². The van der Waals surface area contributed by atoms with Crippen LogP contribution in [0.5, 0.6) is 0 Å². The van der Waals surface area contributed by atoms with Crippen LogP contribution in [0.3, 0.4) is 0 Å². The van der Waals surface area contributed by atoms with E-state index in [0.717, 1.165) is 11.4 Å². The summed E-state index contributed by atoms with van der Waals surface area (Å²) in [5.41, 5.74) is 6.43. The summed E-state index contributed by atoms with van der Waals surface area (Å²) < 4.78 is 28.6. The molecule has 2 aromatic rings. The lowest BCUT2D eigenvalue weighted by Crippen LogP contribution is -2.49. The minimum absolute atomic E-state index is 0.0186. The van der Waals surface area contributed by atoms with Crippen molar-refractivity contribution in [1.29, 1.82) is 0 Å². The number of nitrogens with one attached hydrogen (secondary N) is 2. The third kappa shape index (κ3) is 5.38. The normalized spacial score (nSPS) is 15.6. The first-order valence-corrected chi connectivity index (χ1v) is 11.8. The molecular formula is C19H23Cl2N5O4S. The van der Waals surface area contributed by atoms with Crippen molar-refractivity contribution in [3.8, 4) is 0 Å². The molecule has 2 heterocycles. The van der Waals surface area contributed by atoms with Crippen LogP contribution in [0.25, 0.3) is 0 Å². The highest BCUT2D eigenvalue weighted by atomic mass is 35.5. The fourth-order valence-electron chi connectivity index (χ4n) is 3.46. The molecule has 168 valence electrons. The standard InChI is InChI=1S/C19H23Cl2N5O4S/c1-12-10-13(2)26(24-12)11-17(27)22-23-19(28)14-6-8-25(9-7-14)31(29,30)18-15(20)4-3-5-16(18)21/h3-5,10,14H,6-9,11H2,1-2H3,(H,22,27)(H,23,28). The van der Waals surface area contributed by atoms with Gasteiger partial charge in [0.1, 0.15) is 11.4 Å². The van der Waals surface area contributed by atoms with E-state index < -0.39 is 21.8 Å². The molecule has 0 unspecified atom stereocenters. The minimum atomic E-state index is -3.88. The Kier molecular flexibility index (Phi) is 7.25. The van der Waals surface area contributed by atoms with Crippen molar-refractivity contribution in [3.05, 3.63) is 45.7 Å². The molecule has 9 nitrogen and oxygen atoms in total. The zero-order chi connectivity index (χ0) is 22.8. The summed E-state index contributed by atoms with van der Waals surface area (Å²) in [4.78, 5) is 24.3. The van der Waals surface area contributed by atoms with Crippen molar-refractivity contribution in [2.24, 2.45) is 5.92 Å². The second kappa shape index (κ2) is 9.56. The van der Waals surface area contributed by atoms with E-state index in [2.05, 4.69) is 16.0 Å². The number of halogens is 2. The first-order valence-electron chi connectivity index (χ1n) is 9.63. The third-order valence-corrected chi connectivity index (χ3v) is 7.92. The van der Waals surface area contributed by atoms with Crippen molar-refractivity contribution >= 4 is 45.0 Å². The average Bonchev–Trinajstić information content (AvgIpc) is 3.02. The summed E-state index contributed by atoms with van der Waals surface area (Å²) >= 11 is 12.1. The molecule has 3 rings (SSSR count). The second-order valence-electron chi connectivity index (χ2n) is 7.35. The number of benzene rings is 1. The Morgan fingerprint density at radius 1 is 1.13 bits per heavy atom. The predicted molar refractivity (Wildman–Crippen MR) is 116 cm³/mol. The average molecular weight is 488 g/mol. The first kappa shape index (κ1) is 23.5. The van der Waals surface area contributed by atoms with Crippen molar-refractivity contribution in [2.45, 2.75) is 38.1 Å². The highest BCUT2D eigenvalue weighted by Gasteiger charge is 2.34. The van der Waals surface area contributed by atoms with Gasteiger partial charge in [-0.3, -0.25) is 25.1 Å². The molecule has 12 heteroatoms. The molecule has 0 spiro atoms. The molecule has 0 bridgehead atoms. The van der Waals surface area contributed by atoms with Crippen LogP contribution in [0, 0.1) is 19.8 Å². The lowest BCUT2D eigenvalue weighted by Gasteiger charge is -2.31. The summed E-state index contributed by atoms with van der Waals surface area (Å²) in [5.74, 6) is -1.20. The number of sulfonamides is 1. The molecule has 0 aliphatic carbocycles. The van der Waals surface area contributed by atoms with Gasteiger partial charge in [-0.25, -0.2) is 8.42 Å². The van der Waals surface area contributed by atoms with E-state index in [1.807, 2.05) is 19.9 Å². The lowest BCUT2D eigenvalue weighted by molar-refractivity contribution is -0.132. The van der Waals surface area contributed by atoms with Gasteiger partial charge in [0.05, 0.1) is 15.7 Å². The van der Waals surface area contributed by atoms with Crippen LogP contribution in [-0.2, 0) is 26.2 Å². The molecule has 1 aliphatic heterocycles. The quantitative estimate of drug-likeness (QED) is 0.626. The number of carbonyl (C=O) groups is 2. The molecule has 1 fully saturated rings. The summed E-state index contributed by atoms with van der Waals surface area (Å²) in [5, 5.41) is 4.30. The molecule has 1 aromatic heterocycles. The van der Waals surface area contributed by atoms with Gasteiger partial charge in [0, 0.05) is 24.7 Å². The van der Waals surface area contributed by atoms with E-state index in [9.17, 15) is 18.0 Å². The van der Waals surface area contributed by atoms with Crippen LogP contribution in [0.15, 0.2) is 29.2 Å². The number of nitrogens with zero attached hydrogens (tertiary/aromatic N) is 3. The van der Waals surface area contributed by atoms with Gasteiger partial charge in [-0.1, -0.05) is 29.3 Å². The highest BCUT2D eigenvalue weighted by Crippen LogP contribution is 2.33. The van der Waals surface area contributed by atoms with Crippen LogP contribution in [0.4, 0.5) is 0 Å². The number of rotatable bonds is 5. The lowest BCUT2D eigenvalue weighted by atomic mass is 9.98. The zero-order valence-corrected chi connectivity index (χ0v) is 19.4. The largest absolute Gasteiger partial charge is 0.273 e. The molecular weight excluding hydrogens is 465 g/mol. The van der Waals surface area contributed by atoms with Crippen LogP contribution in [0.1, 0.15) is 24.2 Å². The fourth-order valence-corrected chi connectivity index (χ4v) is 6.02. The fraction of sp³-hybridized carbons (Fsp3) is 0.421. The first-order chi connectivity index (χ1) is 14.6. The number of piperidine rings is 1. The molecule has 31 heavy (non-hydrogen) atoms. The van der Waals surface area contributed by atoms with Gasteiger partial charge in [-0.15, -0.1) is 0 Å². The number of hydrazine groups is 1. The zero-order valence-electron chi connectivity index (χ0n) is 17.1. The number of hydrogen-bond acceptors (Lipinski definition) is 5. The van der Waals surface area contributed by atoms with E-state index in [0.29, 0.717) is 12.8 Å². The maximum atomic E-state index is 12.9. The Hall–Kier alpha value is -2.14. The van der Waals surface area contributed by atoms with E-state index in [4.69, 9.17) is 23.2 Å². The van der Waals surface area contributed by atoms with Gasteiger partial charge >= 0.3 is 0 Å². The molecule has 1 aliphatic rings. The second-order valence-corrected chi connectivity index (χ2v) is 10.0. The van der Waals surface area contributed by atoms with Gasteiger partial charge in [-0.2, -0.15) is 9.40 Å².